The van der Waals surface area contributed by atoms with E-state index in [0.717, 1.165) is 12.8 Å². The first-order valence-electron chi connectivity index (χ1n) is 3.87. The van der Waals surface area contributed by atoms with Gasteiger partial charge in [-0.1, -0.05) is 13.3 Å². The fourth-order valence-electron chi connectivity index (χ4n) is 1.64. The van der Waals surface area contributed by atoms with E-state index in [0.29, 0.717) is 18.8 Å². The lowest BCUT2D eigenvalue weighted by atomic mass is 9.86. The predicted molar refractivity (Wildman–Crippen MR) is 37.8 cm³/mol. The van der Waals surface area contributed by atoms with Crippen LogP contribution >= 0.6 is 0 Å². The maximum absolute atomic E-state index is 8.47. The van der Waals surface area contributed by atoms with Gasteiger partial charge in [-0.15, -0.1) is 0 Å². The van der Waals surface area contributed by atoms with Crippen molar-refractivity contribution < 1.29 is 20.3 Å². The van der Waals surface area contributed by atoms with Crippen LogP contribution in [0.25, 0.3) is 0 Å². The maximum Gasteiger partial charge on any atom is 0.233 e. The Labute approximate surface area is 65.6 Å². The minimum absolute atomic E-state index is 0.419. The summed E-state index contributed by atoms with van der Waals surface area (Å²) in [5.74, 6) is -0.736. The third-order valence-electron chi connectivity index (χ3n) is 2.25. The Morgan fingerprint density at radius 1 is 1.36 bits per heavy atom. The molecule has 1 rings (SSSR count). The smallest absolute Gasteiger partial charge is 0.233 e. The van der Waals surface area contributed by atoms with Crippen molar-refractivity contribution in [1.29, 1.82) is 0 Å². The van der Waals surface area contributed by atoms with Gasteiger partial charge in [-0.05, 0) is 12.3 Å². The van der Waals surface area contributed by atoms with Crippen molar-refractivity contribution in [1.82, 2.24) is 0 Å². The molecule has 1 unspecified atom stereocenters. The molecule has 4 heteroatoms. The Hall–Kier alpha value is -0.160. The number of hydrogen-bond acceptors (Lipinski definition) is 4. The van der Waals surface area contributed by atoms with E-state index in [9.17, 15) is 0 Å². The van der Waals surface area contributed by atoms with Gasteiger partial charge in [-0.3, -0.25) is 0 Å². The Kier molecular flexibility index (Phi) is 2.84. The van der Waals surface area contributed by atoms with Crippen LogP contribution in [0.2, 0.25) is 0 Å². The van der Waals surface area contributed by atoms with Crippen LogP contribution in [0.5, 0.6) is 0 Å². The highest BCUT2D eigenvalue weighted by atomic mass is 17.2. The Morgan fingerprint density at radius 3 is 2.36 bits per heavy atom. The maximum atomic E-state index is 8.47. The quantitative estimate of drug-likeness (QED) is 0.369. The first-order chi connectivity index (χ1) is 5.22. The van der Waals surface area contributed by atoms with Crippen LogP contribution in [0.3, 0.4) is 0 Å². The monoisotopic (exact) mass is 162 g/mol. The Morgan fingerprint density at radius 2 is 2.00 bits per heavy atom. The summed E-state index contributed by atoms with van der Waals surface area (Å²) in [4.78, 5) is 8.25. The first-order valence-corrected chi connectivity index (χ1v) is 3.87. The molecule has 1 aliphatic rings. The molecule has 0 spiro atoms. The molecule has 1 saturated carbocycles. The fraction of sp³-hybridized carbons (Fsp3) is 1.00. The summed E-state index contributed by atoms with van der Waals surface area (Å²) in [6, 6.07) is 0. The lowest BCUT2D eigenvalue weighted by Gasteiger charge is -2.33. The van der Waals surface area contributed by atoms with Gasteiger partial charge in [0.2, 0.25) is 5.79 Å². The summed E-state index contributed by atoms with van der Waals surface area (Å²) in [5.41, 5.74) is 0. The number of hydrogen-bond donors (Lipinski definition) is 2. The zero-order valence-corrected chi connectivity index (χ0v) is 6.62. The van der Waals surface area contributed by atoms with Crippen molar-refractivity contribution in [3.8, 4) is 0 Å². The van der Waals surface area contributed by atoms with Crippen LogP contribution in [-0.4, -0.2) is 16.3 Å². The van der Waals surface area contributed by atoms with Crippen LogP contribution in [-0.2, 0) is 9.78 Å². The molecule has 0 aromatic carbocycles. The molecule has 1 atom stereocenters. The molecular weight excluding hydrogens is 148 g/mol. The average molecular weight is 162 g/mol. The molecule has 0 radical (unpaired) electrons. The molecule has 66 valence electrons. The molecule has 0 bridgehead atoms. The molecule has 1 aliphatic carbocycles. The lowest BCUT2D eigenvalue weighted by molar-refractivity contribution is -0.494. The molecule has 0 amide bonds. The highest BCUT2D eigenvalue weighted by Crippen LogP contribution is 2.34. The van der Waals surface area contributed by atoms with E-state index < -0.39 is 5.79 Å². The van der Waals surface area contributed by atoms with Crippen molar-refractivity contribution in [2.75, 3.05) is 0 Å². The molecular formula is C7H14O4. The van der Waals surface area contributed by atoms with Gasteiger partial charge in [-0.2, -0.15) is 0 Å². The summed E-state index contributed by atoms with van der Waals surface area (Å²) in [5, 5.41) is 16.9. The molecule has 11 heavy (non-hydrogen) atoms. The van der Waals surface area contributed by atoms with E-state index in [1.54, 1.807) is 0 Å². The lowest BCUT2D eigenvalue weighted by Crippen LogP contribution is -2.38. The zero-order valence-electron chi connectivity index (χ0n) is 6.62. The summed E-state index contributed by atoms with van der Waals surface area (Å²) < 4.78 is 0. The molecule has 0 aliphatic heterocycles. The SMILES string of the molecule is CC1CCCC(OO)(OO)C1. The van der Waals surface area contributed by atoms with E-state index in [1.165, 1.54) is 0 Å². The minimum Gasteiger partial charge on any atom is -0.249 e. The third-order valence-corrected chi connectivity index (χ3v) is 2.25. The van der Waals surface area contributed by atoms with Crippen molar-refractivity contribution in [2.24, 2.45) is 5.92 Å². The van der Waals surface area contributed by atoms with Crippen molar-refractivity contribution in [3.63, 3.8) is 0 Å². The average Bonchev–Trinajstić information content (AvgIpc) is 2.04. The summed E-state index contributed by atoms with van der Waals surface area (Å²) in [7, 11) is 0. The summed E-state index contributed by atoms with van der Waals surface area (Å²) in [6.07, 6.45) is 3.08. The van der Waals surface area contributed by atoms with Gasteiger partial charge >= 0.3 is 0 Å². The number of rotatable bonds is 2. The van der Waals surface area contributed by atoms with Crippen molar-refractivity contribution in [3.05, 3.63) is 0 Å². The predicted octanol–water partition coefficient (Wildman–Crippen LogP) is 1.87. The van der Waals surface area contributed by atoms with Gasteiger partial charge in [0.1, 0.15) is 0 Å². The Bertz CT molecular complexity index is 122. The molecule has 0 aromatic heterocycles. The third kappa shape index (κ3) is 1.90. The summed E-state index contributed by atoms with van der Waals surface area (Å²) >= 11 is 0. The standard InChI is InChI=1S/C7H14O4/c1-6-3-2-4-7(5-6,10-8)11-9/h6,8-9H,2-5H2,1H3. The molecule has 2 N–H and O–H groups in total. The van der Waals surface area contributed by atoms with Crippen LogP contribution < -0.4 is 0 Å². The van der Waals surface area contributed by atoms with E-state index in [-0.39, 0.29) is 0 Å². The zero-order chi connectivity index (χ0) is 8.32. The van der Waals surface area contributed by atoms with E-state index in [4.69, 9.17) is 10.5 Å². The highest BCUT2D eigenvalue weighted by molar-refractivity contribution is 4.76. The van der Waals surface area contributed by atoms with Crippen LogP contribution in [0, 0.1) is 5.92 Å². The van der Waals surface area contributed by atoms with Gasteiger partial charge in [0.25, 0.3) is 0 Å². The van der Waals surface area contributed by atoms with Crippen LogP contribution in [0.1, 0.15) is 32.6 Å². The topological polar surface area (TPSA) is 58.9 Å². The summed E-state index contributed by atoms with van der Waals surface area (Å²) in [6.45, 7) is 2.03. The van der Waals surface area contributed by atoms with Crippen molar-refractivity contribution >= 4 is 0 Å². The van der Waals surface area contributed by atoms with Crippen LogP contribution in [0.4, 0.5) is 0 Å². The van der Waals surface area contributed by atoms with Gasteiger partial charge in [0, 0.05) is 12.8 Å². The molecule has 0 aromatic rings. The molecule has 0 saturated heterocycles. The molecule has 0 heterocycles. The van der Waals surface area contributed by atoms with Crippen LogP contribution in [0.15, 0.2) is 0 Å². The minimum atomic E-state index is -1.16. The second-order valence-electron chi connectivity index (χ2n) is 3.29. The molecule has 4 nitrogen and oxygen atoms in total. The largest absolute Gasteiger partial charge is 0.249 e. The van der Waals surface area contributed by atoms with Gasteiger partial charge in [-0.25, -0.2) is 20.3 Å². The second kappa shape index (κ2) is 3.49. The van der Waals surface area contributed by atoms with Gasteiger partial charge < -0.3 is 0 Å². The van der Waals surface area contributed by atoms with E-state index >= 15 is 0 Å². The highest BCUT2D eigenvalue weighted by Gasteiger charge is 2.38. The van der Waals surface area contributed by atoms with Gasteiger partial charge in [0.15, 0.2) is 0 Å². The Balaban J connectivity index is 2.52. The second-order valence-corrected chi connectivity index (χ2v) is 3.29. The molecule has 1 fully saturated rings. The van der Waals surface area contributed by atoms with E-state index in [2.05, 4.69) is 9.78 Å². The van der Waals surface area contributed by atoms with Gasteiger partial charge in [0.05, 0.1) is 0 Å². The fourth-order valence-corrected chi connectivity index (χ4v) is 1.64. The normalized spacial score (nSPS) is 30.3. The first kappa shape index (κ1) is 8.93. The van der Waals surface area contributed by atoms with E-state index in [1.807, 2.05) is 6.92 Å². The van der Waals surface area contributed by atoms with Crippen molar-refractivity contribution in [2.45, 2.75) is 38.4 Å².